The molecule has 5 rings (SSSR count). The van der Waals surface area contributed by atoms with Crippen molar-refractivity contribution in [3.8, 4) is 17.2 Å². The van der Waals surface area contributed by atoms with Crippen molar-refractivity contribution in [3.05, 3.63) is 89.2 Å². The number of nitrogens with zero attached hydrogens (tertiary/aromatic N) is 1. The number of ether oxygens (including phenoxy) is 3. The second-order valence-electron chi connectivity index (χ2n) is 9.73. The van der Waals surface area contributed by atoms with Crippen LogP contribution in [0.3, 0.4) is 0 Å². The Morgan fingerprint density at radius 1 is 1.07 bits per heavy atom. The molecular weight excluding hydrogens is 544 g/mol. The van der Waals surface area contributed by atoms with Gasteiger partial charge in [-0.15, -0.1) is 0 Å². The summed E-state index contributed by atoms with van der Waals surface area (Å²) in [6, 6.07) is 18.7. The number of halogens is 1. The number of nitrogens with one attached hydrogen (secondary N) is 3. The SMILES string of the molecule is CNC(=O)COc1ccc(CNCC2(C(=O)Nc3cncc4ccccc34)CCOc3ccc(Cl)cc32)cc1OC. The molecule has 0 bridgehead atoms. The van der Waals surface area contributed by atoms with Gasteiger partial charge in [-0.1, -0.05) is 41.9 Å². The van der Waals surface area contributed by atoms with Crippen LogP contribution in [0.4, 0.5) is 5.69 Å². The molecule has 1 unspecified atom stereocenters. The molecule has 1 aliphatic rings. The lowest BCUT2D eigenvalue weighted by Gasteiger charge is -2.38. The molecule has 0 radical (unpaired) electrons. The van der Waals surface area contributed by atoms with E-state index in [9.17, 15) is 9.59 Å². The molecule has 0 saturated carbocycles. The Hall–Kier alpha value is -4.34. The number of carbonyl (C=O) groups is 2. The van der Waals surface area contributed by atoms with E-state index < -0.39 is 5.41 Å². The van der Waals surface area contributed by atoms with Gasteiger partial charge in [0.25, 0.3) is 5.91 Å². The summed E-state index contributed by atoms with van der Waals surface area (Å²) in [6.45, 7) is 1.04. The van der Waals surface area contributed by atoms with Gasteiger partial charge in [-0.05, 0) is 35.9 Å². The summed E-state index contributed by atoms with van der Waals surface area (Å²) in [5, 5.41) is 11.5. The molecule has 3 aromatic carbocycles. The third kappa shape index (κ3) is 6.06. The minimum Gasteiger partial charge on any atom is -0.493 e. The number of pyridine rings is 1. The summed E-state index contributed by atoms with van der Waals surface area (Å²) < 4.78 is 17.0. The van der Waals surface area contributed by atoms with Crippen LogP contribution in [-0.4, -0.2) is 50.7 Å². The Bertz CT molecular complexity index is 1570. The highest BCUT2D eigenvalue weighted by Crippen LogP contribution is 2.41. The largest absolute Gasteiger partial charge is 0.493 e. The van der Waals surface area contributed by atoms with Gasteiger partial charge in [0.1, 0.15) is 5.75 Å². The van der Waals surface area contributed by atoms with E-state index in [1.165, 1.54) is 0 Å². The number of anilines is 1. The van der Waals surface area contributed by atoms with Gasteiger partial charge in [-0.25, -0.2) is 0 Å². The molecule has 0 aliphatic carbocycles. The lowest BCUT2D eigenvalue weighted by molar-refractivity contribution is -0.123. The maximum absolute atomic E-state index is 14.2. The Balaban J connectivity index is 1.40. The summed E-state index contributed by atoms with van der Waals surface area (Å²) in [5.41, 5.74) is 1.32. The highest BCUT2D eigenvalue weighted by Gasteiger charge is 2.44. The van der Waals surface area contributed by atoms with Gasteiger partial charge in [0.05, 0.1) is 31.0 Å². The quantitative estimate of drug-likeness (QED) is 0.256. The number of benzene rings is 3. The highest BCUT2D eigenvalue weighted by molar-refractivity contribution is 6.30. The number of hydrogen-bond donors (Lipinski definition) is 3. The first-order chi connectivity index (χ1) is 19.9. The second-order valence-corrected chi connectivity index (χ2v) is 10.2. The molecule has 0 fully saturated rings. The van der Waals surface area contributed by atoms with Crippen LogP contribution in [0.25, 0.3) is 10.8 Å². The first-order valence-corrected chi connectivity index (χ1v) is 13.6. The van der Waals surface area contributed by atoms with Crippen LogP contribution in [0.1, 0.15) is 17.5 Å². The van der Waals surface area contributed by atoms with Gasteiger partial charge >= 0.3 is 0 Å². The number of aromatic nitrogens is 1. The molecule has 1 aliphatic heterocycles. The van der Waals surface area contributed by atoms with Crippen LogP contribution in [0.2, 0.25) is 5.02 Å². The molecule has 3 N–H and O–H groups in total. The first-order valence-electron chi connectivity index (χ1n) is 13.2. The van der Waals surface area contributed by atoms with Gasteiger partial charge in [-0.3, -0.25) is 14.6 Å². The number of rotatable bonds is 10. The predicted octanol–water partition coefficient (Wildman–Crippen LogP) is 4.47. The van der Waals surface area contributed by atoms with E-state index in [1.807, 2.05) is 36.4 Å². The Morgan fingerprint density at radius 2 is 1.93 bits per heavy atom. The fourth-order valence-electron chi connectivity index (χ4n) is 5.01. The zero-order valence-corrected chi connectivity index (χ0v) is 23.6. The predicted molar refractivity (Wildman–Crippen MR) is 158 cm³/mol. The Morgan fingerprint density at radius 3 is 2.76 bits per heavy atom. The van der Waals surface area contributed by atoms with E-state index in [0.717, 1.165) is 21.9 Å². The third-order valence-corrected chi connectivity index (χ3v) is 7.45. The second kappa shape index (κ2) is 12.4. The molecule has 0 spiro atoms. The lowest BCUT2D eigenvalue weighted by atomic mass is 9.74. The molecule has 1 atom stereocenters. The number of amides is 2. The Labute approximate surface area is 243 Å². The van der Waals surface area contributed by atoms with E-state index in [1.54, 1.807) is 50.8 Å². The van der Waals surface area contributed by atoms with E-state index in [-0.39, 0.29) is 18.4 Å². The van der Waals surface area contributed by atoms with E-state index in [0.29, 0.717) is 54.1 Å². The van der Waals surface area contributed by atoms with Gasteiger partial charge in [-0.2, -0.15) is 0 Å². The van der Waals surface area contributed by atoms with Crippen LogP contribution in [0.5, 0.6) is 17.2 Å². The maximum Gasteiger partial charge on any atom is 0.257 e. The van der Waals surface area contributed by atoms with E-state index in [2.05, 4.69) is 20.9 Å². The van der Waals surface area contributed by atoms with Crippen molar-refractivity contribution in [3.63, 3.8) is 0 Å². The van der Waals surface area contributed by atoms with E-state index >= 15 is 0 Å². The van der Waals surface area contributed by atoms with Crippen molar-refractivity contribution in [1.82, 2.24) is 15.6 Å². The zero-order valence-electron chi connectivity index (χ0n) is 22.8. The number of hydrogen-bond acceptors (Lipinski definition) is 7. The third-order valence-electron chi connectivity index (χ3n) is 7.22. The van der Waals surface area contributed by atoms with Crippen molar-refractivity contribution >= 4 is 39.9 Å². The smallest absolute Gasteiger partial charge is 0.257 e. The first kappa shape index (κ1) is 28.2. The molecule has 2 amide bonds. The minimum absolute atomic E-state index is 0.113. The standard InChI is InChI=1S/C31H31ClN4O5/c1-33-29(37)18-41-27-9-7-20(13-28(27)39-2)15-35-19-31(11-12-40-26-10-8-22(32)14-24(26)31)30(38)36-25-17-34-16-21-5-3-4-6-23(21)25/h3-10,13-14,16-17,35H,11-12,15,18-19H2,1-2H3,(H,33,37)(H,36,38). The minimum atomic E-state index is -0.962. The van der Waals surface area contributed by atoms with Crippen LogP contribution in [0.15, 0.2) is 73.1 Å². The summed E-state index contributed by atoms with van der Waals surface area (Å²) in [6.07, 6.45) is 3.89. The van der Waals surface area contributed by atoms with Gasteiger partial charge in [0.15, 0.2) is 18.1 Å². The van der Waals surface area contributed by atoms with Crippen molar-refractivity contribution in [2.24, 2.45) is 0 Å². The molecular formula is C31H31ClN4O5. The molecule has 2 heterocycles. The molecule has 10 heteroatoms. The van der Waals surface area contributed by atoms with Crippen LogP contribution in [-0.2, 0) is 21.5 Å². The number of likely N-dealkylation sites (N-methyl/N-ethyl adjacent to an activating group) is 1. The van der Waals surface area contributed by atoms with Crippen LogP contribution in [0, 0.1) is 0 Å². The van der Waals surface area contributed by atoms with Crippen molar-refractivity contribution in [2.45, 2.75) is 18.4 Å². The van der Waals surface area contributed by atoms with Crippen LogP contribution < -0.4 is 30.2 Å². The Kier molecular flexibility index (Phi) is 8.56. The van der Waals surface area contributed by atoms with Gasteiger partial charge in [0, 0.05) is 54.1 Å². The normalized spacial score (nSPS) is 15.9. The topological polar surface area (TPSA) is 111 Å². The molecule has 0 saturated heterocycles. The van der Waals surface area contributed by atoms with E-state index in [4.69, 9.17) is 25.8 Å². The summed E-state index contributed by atoms with van der Waals surface area (Å²) >= 11 is 6.41. The van der Waals surface area contributed by atoms with Crippen molar-refractivity contribution in [2.75, 3.05) is 39.2 Å². The molecule has 4 aromatic rings. The monoisotopic (exact) mass is 574 g/mol. The number of methoxy groups -OCH3 is 1. The fourth-order valence-corrected chi connectivity index (χ4v) is 5.18. The van der Waals surface area contributed by atoms with Crippen LogP contribution >= 0.6 is 11.6 Å². The van der Waals surface area contributed by atoms with Gasteiger partial charge < -0.3 is 30.2 Å². The summed E-state index contributed by atoms with van der Waals surface area (Å²) in [5.74, 6) is 1.19. The lowest BCUT2D eigenvalue weighted by Crippen LogP contribution is -2.50. The zero-order chi connectivity index (χ0) is 28.8. The maximum atomic E-state index is 14.2. The highest BCUT2D eigenvalue weighted by atomic mass is 35.5. The molecule has 41 heavy (non-hydrogen) atoms. The van der Waals surface area contributed by atoms with Crippen molar-refractivity contribution < 1.29 is 23.8 Å². The number of fused-ring (bicyclic) bond motifs is 2. The van der Waals surface area contributed by atoms with Crippen molar-refractivity contribution in [1.29, 1.82) is 0 Å². The molecule has 1 aromatic heterocycles. The summed E-state index contributed by atoms with van der Waals surface area (Å²) in [7, 11) is 3.10. The number of carbonyl (C=O) groups excluding carboxylic acids is 2. The average Bonchev–Trinajstić information content (AvgIpc) is 3.00. The summed E-state index contributed by atoms with van der Waals surface area (Å²) in [4.78, 5) is 30.1. The molecule has 212 valence electrons. The fraction of sp³-hybridized carbons (Fsp3) is 0.258. The molecule has 9 nitrogen and oxygen atoms in total. The van der Waals surface area contributed by atoms with Gasteiger partial charge in [0.2, 0.25) is 5.91 Å². The average molecular weight is 575 g/mol.